The molecule has 0 radical (unpaired) electrons. The summed E-state index contributed by atoms with van der Waals surface area (Å²) < 4.78 is 23.2. The van der Waals surface area contributed by atoms with Gasteiger partial charge in [-0.2, -0.15) is 5.10 Å². The maximum atomic E-state index is 14.1. The number of hydrogen-bond acceptors (Lipinski definition) is 9. The first-order chi connectivity index (χ1) is 19.2. The number of ether oxygens (including phenoxy) is 1. The first kappa shape index (κ1) is 26.9. The molecule has 1 fully saturated rings. The van der Waals surface area contributed by atoms with Gasteiger partial charge in [-0.25, -0.2) is 18.7 Å². The molecule has 0 saturated carbocycles. The van der Waals surface area contributed by atoms with Crippen molar-refractivity contribution in [2.45, 2.75) is 37.4 Å². The van der Waals surface area contributed by atoms with E-state index in [1.165, 1.54) is 21.6 Å². The third-order valence-electron chi connectivity index (χ3n) is 6.84. The van der Waals surface area contributed by atoms with Crippen molar-refractivity contribution in [1.29, 1.82) is 0 Å². The van der Waals surface area contributed by atoms with Crippen molar-refractivity contribution < 1.29 is 24.4 Å². The Morgan fingerprint density at radius 3 is 2.75 bits per heavy atom. The minimum absolute atomic E-state index is 0.225. The number of aromatic nitrogens is 7. The lowest BCUT2D eigenvalue weighted by Gasteiger charge is -2.41. The summed E-state index contributed by atoms with van der Waals surface area (Å²) in [5, 5.41) is 47.5. The summed E-state index contributed by atoms with van der Waals surface area (Å²) in [6.07, 6.45) is -0.194. The molecule has 4 heterocycles. The predicted octanol–water partition coefficient (Wildman–Crippen LogP) is 3.33. The van der Waals surface area contributed by atoms with Gasteiger partial charge in [0, 0.05) is 28.4 Å². The van der Waals surface area contributed by atoms with Crippen LogP contribution in [0.1, 0.15) is 23.8 Å². The minimum atomic E-state index is -1.40. The Bertz CT molecular complexity index is 1720. The molecule has 40 heavy (non-hydrogen) atoms. The fourth-order valence-corrected chi connectivity index (χ4v) is 5.42. The summed E-state index contributed by atoms with van der Waals surface area (Å²) in [5.41, 5.74) is 1.34. The zero-order chi connectivity index (χ0) is 28.1. The Hall–Kier alpha value is -3.33. The second-order valence-corrected chi connectivity index (χ2v) is 10.7. The average molecular weight is 631 g/mol. The van der Waals surface area contributed by atoms with E-state index < -0.39 is 42.9 Å². The Morgan fingerprint density at radius 2 is 1.98 bits per heavy atom. The van der Waals surface area contributed by atoms with Crippen LogP contribution in [0, 0.1) is 12.7 Å². The van der Waals surface area contributed by atoms with E-state index in [4.69, 9.17) is 16.3 Å². The van der Waals surface area contributed by atoms with Crippen molar-refractivity contribution in [3.63, 3.8) is 0 Å². The molecule has 1 saturated heterocycles. The average Bonchev–Trinajstić information content (AvgIpc) is 3.57. The maximum absolute atomic E-state index is 14.1. The van der Waals surface area contributed by atoms with Gasteiger partial charge in [0.15, 0.2) is 5.82 Å². The van der Waals surface area contributed by atoms with E-state index >= 15 is 0 Å². The van der Waals surface area contributed by atoms with E-state index in [2.05, 4.69) is 41.3 Å². The highest BCUT2D eigenvalue weighted by atomic mass is 79.9. The van der Waals surface area contributed by atoms with E-state index in [1.54, 1.807) is 43.6 Å². The summed E-state index contributed by atoms with van der Waals surface area (Å²) in [6, 6.07) is 8.72. The highest BCUT2D eigenvalue weighted by Gasteiger charge is 2.48. The van der Waals surface area contributed by atoms with Crippen molar-refractivity contribution in [3.8, 4) is 16.9 Å². The molecule has 5 aromatic rings. The second-order valence-electron chi connectivity index (χ2n) is 9.41. The normalized spacial score (nSPS) is 23.1. The SMILES string of the molecule is Cc1nc([C@@H]2O[C@H](CO)[C@H](O)[C@H](n3cc(-c4ccc(Br)c(F)c4)nn3)[C@H]2O)n(-c2cc(Cl)cc3ccncc23)n1. The van der Waals surface area contributed by atoms with Crippen LogP contribution in [0.15, 0.2) is 59.5 Å². The van der Waals surface area contributed by atoms with Crippen LogP contribution in [0.4, 0.5) is 4.39 Å². The van der Waals surface area contributed by atoms with E-state index in [1.807, 2.05) is 6.07 Å². The molecular formula is C26H22BrClFN7O4. The minimum Gasteiger partial charge on any atom is -0.394 e. The van der Waals surface area contributed by atoms with Crippen LogP contribution in [0.2, 0.25) is 5.02 Å². The summed E-state index contributed by atoms with van der Waals surface area (Å²) >= 11 is 9.54. The van der Waals surface area contributed by atoms with Crippen LogP contribution >= 0.6 is 27.5 Å². The van der Waals surface area contributed by atoms with Gasteiger partial charge in [-0.15, -0.1) is 5.10 Å². The van der Waals surface area contributed by atoms with Crippen molar-refractivity contribution >= 4 is 38.3 Å². The lowest BCUT2D eigenvalue weighted by atomic mass is 9.92. The first-order valence-corrected chi connectivity index (χ1v) is 13.4. The Kier molecular flexibility index (Phi) is 7.10. The number of benzene rings is 2. The highest BCUT2D eigenvalue weighted by Crippen LogP contribution is 2.39. The molecule has 206 valence electrons. The smallest absolute Gasteiger partial charge is 0.164 e. The molecule has 1 aliphatic rings. The van der Waals surface area contributed by atoms with Gasteiger partial charge < -0.3 is 20.1 Å². The van der Waals surface area contributed by atoms with Crippen LogP contribution in [0.5, 0.6) is 0 Å². The number of pyridine rings is 1. The van der Waals surface area contributed by atoms with Crippen LogP contribution in [0.3, 0.4) is 0 Å². The predicted molar refractivity (Wildman–Crippen MR) is 145 cm³/mol. The third-order valence-corrected chi connectivity index (χ3v) is 7.70. The van der Waals surface area contributed by atoms with E-state index in [9.17, 15) is 19.7 Å². The zero-order valence-corrected chi connectivity index (χ0v) is 23.1. The number of hydrogen-bond donors (Lipinski definition) is 3. The van der Waals surface area contributed by atoms with Gasteiger partial charge in [-0.3, -0.25) is 4.98 Å². The quantitative estimate of drug-likeness (QED) is 0.266. The number of aliphatic hydroxyl groups is 3. The van der Waals surface area contributed by atoms with Gasteiger partial charge in [0.2, 0.25) is 0 Å². The fraction of sp³-hybridized carbons (Fsp3) is 0.269. The van der Waals surface area contributed by atoms with E-state index in [-0.39, 0.29) is 5.82 Å². The largest absolute Gasteiger partial charge is 0.394 e. The van der Waals surface area contributed by atoms with Crippen molar-refractivity contribution in [1.82, 2.24) is 34.7 Å². The highest BCUT2D eigenvalue weighted by molar-refractivity contribution is 9.10. The molecule has 5 atom stereocenters. The summed E-state index contributed by atoms with van der Waals surface area (Å²) in [7, 11) is 0. The fourth-order valence-electron chi connectivity index (χ4n) is 4.95. The molecule has 0 amide bonds. The molecule has 1 aliphatic heterocycles. The van der Waals surface area contributed by atoms with Crippen LogP contribution in [0.25, 0.3) is 27.7 Å². The second kappa shape index (κ2) is 10.6. The molecular weight excluding hydrogens is 609 g/mol. The number of aryl methyl sites for hydroxylation is 1. The van der Waals surface area contributed by atoms with Gasteiger partial charge in [0.25, 0.3) is 0 Å². The van der Waals surface area contributed by atoms with Crippen molar-refractivity contribution in [3.05, 3.63) is 82.0 Å². The van der Waals surface area contributed by atoms with Crippen molar-refractivity contribution in [2.24, 2.45) is 0 Å². The van der Waals surface area contributed by atoms with Crippen LogP contribution in [-0.4, -0.2) is 75.0 Å². The number of nitrogens with zero attached hydrogens (tertiary/aromatic N) is 7. The maximum Gasteiger partial charge on any atom is 0.164 e. The lowest BCUT2D eigenvalue weighted by molar-refractivity contribution is -0.210. The van der Waals surface area contributed by atoms with Gasteiger partial charge in [0.05, 0.1) is 23.0 Å². The third kappa shape index (κ3) is 4.68. The van der Waals surface area contributed by atoms with Crippen LogP contribution in [-0.2, 0) is 4.74 Å². The number of rotatable bonds is 5. The Labute approximate surface area is 240 Å². The van der Waals surface area contributed by atoms with E-state index in [0.717, 1.165) is 10.8 Å². The van der Waals surface area contributed by atoms with Gasteiger partial charge >= 0.3 is 0 Å². The molecule has 0 bridgehead atoms. The Balaban J connectivity index is 1.42. The molecule has 3 aromatic heterocycles. The summed E-state index contributed by atoms with van der Waals surface area (Å²) in [5.74, 6) is 0.145. The monoisotopic (exact) mass is 629 g/mol. The topological polar surface area (TPSA) is 144 Å². The Morgan fingerprint density at radius 1 is 1.15 bits per heavy atom. The molecule has 3 N–H and O–H groups in total. The zero-order valence-electron chi connectivity index (χ0n) is 20.8. The number of aliphatic hydroxyl groups excluding tert-OH is 3. The first-order valence-electron chi connectivity index (χ1n) is 12.2. The standard InChI is InChI=1S/C26H22BrClFN7O4/c1-12-31-26(36(33-12)20-8-15(28)6-13-4-5-30-9-16(13)20)25-24(39)22(23(38)21(11-37)40-25)35-10-19(32-34-35)14-2-3-17(27)18(29)7-14/h2-10,21-25,37-39H,11H2,1H3/t21-,22+,23+,24-,25-/m1/s1. The molecule has 14 heteroatoms. The van der Waals surface area contributed by atoms with Gasteiger partial charge in [0.1, 0.15) is 47.8 Å². The van der Waals surface area contributed by atoms with Gasteiger partial charge in [-0.05, 0) is 58.6 Å². The number of halogens is 3. The summed E-state index contributed by atoms with van der Waals surface area (Å²) in [4.78, 5) is 8.76. The molecule has 2 aromatic carbocycles. The summed E-state index contributed by atoms with van der Waals surface area (Å²) in [6.45, 7) is 1.15. The molecule has 11 nitrogen and oxygen atoms in total. The van der Waals surface area contributed by atoms with Crippen molar-refractivity contribution in [2.75, 3.05) is 6.61 Å². The number of fused-ring (bicyclic) bond motifs is 1. The van der Waals surface area contributed by atoms with Crippen LogP contribution < -0.4 is 0 Å². The molecule has 0 unspecified atom stereocenters. The molecule has 0 aliphatic carbocycles. The van der Waals surface area contributed by atoms with E-state index in [0.29, 0.717) is 32.3 Å². The molecule has 0 spiro atoms. The molecule has 6 rings (SSSR count). The lowest BCUT2D eigenvalue weighted by Crippen LogP contribution is -2.53. The van der Waals surface area contributed by atoms with Gasteiger partial charge in [-0.1, -0.05) is 22.9 Å².